The Bertz CT molecular complexity index is 535. The van der Waals surface area contributed by atoms with Crippen molar-refractivity contribution in [1.82, 2.24) is 20.3 Å². The highest BCUT2D eigenvalue weighted by molar-refractivity contribution is 5.57. The molecule has 2 aromatic heterocycles. The molecule has 1 saturated carbocycles. The Morgan fingerprint density at radius 1 is 1.28 bits per heavy atom. The molecule has 1 aliphatic rings. The molecule has 1 aliphatic carbocycles. The van der Waals surface area contributed by atoms with E-state index in [9.17, 15) is 0 Å². The molecular weight excluding hydrogens is 224 g/mol. The maximum Gasteiger partial charge on any atom is 0.136 e. The molecule has 0 unspecified atom stereocenters. The van der Waals surface area contributed by atoms with Crippen LogP contribution in [0.15, 0.2) is 36.8 Å². The number of likely N-dealkylation sites (N-methyl/N-ethyl adjacent to an activating group) is 1. The van der Waals surface area contributed by atoms with E-state index in [1.807, 2.05) is 37.6 Å². The summed E-state index contributed by atoms with van der Waals surface area (Å²) in [7, 11) is 1.98. The van der Waals surface area contributed by atoms with E-state index in [0.717, 1.165) is 23.6 Å². The van der Waals surface area contributed by atoms with Crippen molar-refractivity contribution in [2.45, 2.75) is 18.3 Å². The van der Waals surface area contributed by atoms with Gasteiger partial charge < -0.3 is 5.32 Å². The zero-order valence-electron chi connectivity index (χ0n) is 10.4. The van der Waals surface area contributed by atoms with Crippen molar-refractivity contribution in [2.75, 3.05) is 13.6 Å². The van der Waals surface area contributed by atoms with Crippen LogP contribution in [0.5, 0.6) is 0 Å². The van der Waals surface area contributed by atoms with E-state index in [1.165, 1.54) is 12.8 Å². The van der Waals surface area contributed by atoms with Gasteiger partial charge in [-0.1, -0.05) is 0 Å². The molecule has 4 nitrogen and oxygen atoms in total. The van der Waals surface area contributed by atoms with Crippen LogP contribution >= 0.6 is 0 Å². The van der Waals surface area contributed by atoms with Gasteiger partial charge in [-0.2, -0.15) is 0 Å². The standard InChI is InChI=1S/C14H16N4/c1-15-10-14(5-6-14)13-17-8-4-12(18-13)11-3-2-7-16-9-11/h2-4,7-9,15H,5-6,10H2,1H3. The third-order valence-corrected chi connectivity index (χ3v) is 3.46. The van der Waals surface area contributed by atoms with Crippen LogP contribution in [0, 0.1) is 0 Å². The molecule has 0 aliphatic heterocycles. The molecular formula is C14H16N4. The molecule has 2 aromatic rings. The van der Waals surface area contributed by atoms with E-state index < -0.39 is 0 Å². The maximum atomic E-state index is 4.70. The Morgan fingerprint density at radius 2 is 2.17 bits per heavy atom. The van der Waals surface area contributed by atoms with Gasteiger partial charge in [0.1, 0.15) is 5.82 Å². The summed E-state index contributed by atoms with van der Waals surface area (Å²) in [6, 6.07) is 5.89. The normalized spacial score (nSPS) is 16.5. The summed E-state index contributed by atoms with van der Waals surface area (Å²) in [4.78, 5) is 13.3. The summed E-state index contributed by atoms with van der Waals surface area (Å²) < 4.78 is 0. The summed E-state index contributed by atoms with van der Waals surface area (Å²) >= 11 is 0. The number of pyridine rings is 1. The zero-order chi connectivity index (χ0) is 12.4. The van der Waals surface area contributed by atoms with E-state index in [1.54, 1.807) is 6.20 Å². The second kappa shape index (κ2) is 4.46. The van der Waals surface area contributed by atoms with E-state index >= 15 is 0 Å². The van der Waals surface area contributed by atoms with Gasteiger partial charge in [-0.3, -0.25) is 4.98 Å². The molecule has 18 heavy (non-hydrogen) atoms. The van der Waals surface area contributed by atoms with Gasteiger partial charge in [-0.05, 0) is 38.1 Å². The van der Waals surface area contributed by atoms with E-state index in [4.69, 9.17) is 4.98 Å². The first-order valence-corrected chi connectivity index (χ1v) is 6.23. The molecule has 1 N–H and O–H groups in total. The summed E-state index contributed by atoms with van der Waals surface area (Å²) in [5.41, 5.74) is 2.16. The van der Waals surface area contributed by atoms with Gasteiger partial charge in [0.25, 0.3) is 0 Å². The van der Waals surface area contributed by atoms with Gasteiger partial charge in [-0.25, -0.2) is 9.97 Å². The van der Waals surface area contributed by atoms with Gasteiger partial charge in [0.15, 0.2) is 0 Å². The molecule has 4 heteroatoms. The minimum Gasteiger partial charge on any atom is -0.319 e. The highest BCUT2D eigenvalue weighted by Crippen LogP contribution is 2.46. The predicted octanol–water partition coefficient (Wildman–Crippen LogP) is 1.79. The molecule has 2 heterocycles. The van der Waals surface area contributed by atoms with Crippen molar-refractivity contribution < 1.29 is 0 Å². The minimum absolute atomic E-state index is 0.160. The maximum absolute atomic E-state index is 4.70. The topological polar surface area (TPSA) is 50.7 Å². The third-order valence-electron chi connectivity index (χ3n) is 3.46. The predicted molar refractivity (Wildman–Crippen MR) is 70.1 cm³/mol. The average molecular weight is 240 g/mol. The van der Waals surface area contributed by atoms with Crippen LogP contribution < -0.4 is 5.32 Å². The molecule has 1 fully saturated rings. The van der Waals surface area contributed by atoms with Crippen LogP contribution in [0.2, 0.25) is 0 Å². The fourth-order valence-electron chi connectivity index (χ4n) is 2.26. The van der Waals surface area contributed by atoms with Crippen LogP contribution in [0.1, 0.15) is 18.7 Å². The smallest absolute Gasteiger partial charge is 0.136 e. The number of nitrogens with one attached hydrogen (secondary N) is 1. The molecule has 0 spiro atoms. The van der Waals surface area contributed by atoms with Gasteiger partial charge >= 0.3 is 0 Å². The largest absolute Gasteiger partial charge is 0.319 e. The zero-order valence-corrected chi connectivity index (χ0v) is 10.4. The van der Waals surface area contributed by atoms with Crippen molar-refractivity contribution in [3.05, 3.63) is 42.6 Å². The summed E-state index contributed by atoms with van der Waals surface area (Å²) in [6.07, 6.45) is 7.80. The van der Waals surface area contributed by atoms with Crippen LogP contribution in [-0.2, 0) is 5.41 Å². The Morgan fingerprint density at radius 3 is 2.83 bits per heavy atom. The SMILES string of the molecule is CNCC1(c2nccc(-c3cccnc3)n2)CC1. The van der Waals surface area contributed by atoms with Gasteiger partial charge in [-0.15, -0.1) is 0 Å². The number of nitrogens with zero attached hydrogens (tertiary/aromatic N) is 3. The van der Waals surface area contributed by atoms with Gasteiger partial charge in [0.2, 0.25) is 0 Å². The van der Waals surface area contributed by atoms with E-state index in [0.29, 0.717) is 0 Å². The van der Waals surface area contributed by atoms with E-state index in [2.05, 4.69) is 15.3 Å². The highest BCUT2D eigenvalue weighted by Gasteiger charge is 2.46. The van der Waals surface area contributed by atoms with Crippen molar-refractivity contribution in [3.8, 4) is 11.3 Å². The van der Waals surface area contributed by atoms with Crippen molar-refractivity contribution >= 4 is 0 Å². The van der Waals surface area contributed by atoms with Crippen LogP contribution in [-0.4, -0.2) is 28.5 Å². The lowest BCUT2D eigenvalue weighted by atomic mass is 10.1. The lowest BCUT2D eigenvalue weighted by Gasteiger charge is -2.13. The first-order valence-electron chi connectivity index (χ1n) is 6.23. The number of hydrogen-bond donors (Lipinski definition) is 1. The highest BCUT2D eigenvalue weighted by atomic mass is 15.0. The van der Waals surface area contributed by atoms with Crippen molar-refractivity contribution in [1.29, 1.82) is 0 Å². The third kappa shape index (κ3) is 1.99. The molecule has 0 saturated heterocycles. The van der Waals surface area contributed by atoms with Gasteiger partial charge in [0.05, 0.1) is 5.69 Å². The average Bonchev–Trinajstić information content (AvgIpc) is 3.21. The Labute approximate surface area is 107 Å². The molecule has 0 atom stereocenters. The molecule has 3 rings (SSSR count). The minimum atomic E-state index is 0.160. The number of hydrogen-bond acceptors (Lipinski definition) is 4. The quantitative estimate of drug-likeness (QED) is 0.885. The van der Waals surface area contributed by atoms with Crippen LogP contribution in [0.4, 0.5) is 0 Å². The summed E-state index contributed by atoms with van der Waals surface area (Å²) in [6.45, 7) is 0.948. The Kier molecular flexibility index (Phi) is 2.80. The lowest BCUT2D eigenvalue weighted by molar-refractivity contribution is 0.588. The van der Waals surface area contributed by atoms with Crippen LogP contribution in [0.3, 0.4) is 0 Å². The lowest BCUT2D eigenvalue weighted by Crippen LogP contribution is -2.25. The molecule has 0 radical (unpaired) electrons. The Balaban J connectivity index is 1.95. The second-order valence-electron chi connectivity index (χ2n) is 4.82. The second-order valence-corrected chi connectivity index (χ2v) is 4.82. The van der Waals surface area contributed by atoms with Gasteiger partial charge in [0, 0.05) is 36.1 Å². The summed E-state index contributed by atoms with van der Waals surface area (Å²) in [5.74, 6) is 0.957. The van der Waals surface area contributed by atoms with Crippen molar-refractivity contribution in [3.63, 3.8) is 0 Å². The van der Waals surface area contributed by atoms with Crippen LogP contribution in [0.25, 0.3) is 11.3 Å². The molecule has 0 bridgehead atoms. The fraction of sp³-hybridized carbons (Fsp3) is 0.357. The monoisotopic (exact) mass is 240 g/mol. The number of rotatable bonds is 4. The fourth-order valence-corrected chi connectivity index (χ4v) is 2.26. The van der Waals surface area contributed by atoms with E-state index in [-0.39, 0.29) is 5.41 Å². The first kappa shape index (κ1) is 11.3. The molecule has 0 amide bonds. The molecule has 92 valence electrons. The summed E-state index contributed by atoms with van der Waals surface area (Å²) in [5, 5.41) is 3.24. The Hall–Kier alpha value is -1.81. The molecule has 0 aromatic carbocycles. The number of aromatic nitrogens is 3. The first-order chi connectivity index (χ1) is 8.84. The van der Waals surface area contributed by atoms with Crippen molar-refractivity contribution in [2.24, 2.45) is 0 Å².